The summed E-state index contributed by atoms with van der Waals surface area (Å²) >= 11 is 0. The first kappa shape index (κ1) is 23.2. The van der Waals surface area contributed by atoms with Gasteiger partial charge in [-0.05, 0) is 36.6 Å². The molecule has 0 radical (unpaired) electrons. The zero-order valence-corrected chi connectivity index (χ0v) is 18.6. The van der Waals surface area contributed by atoms with Crippen molar-refractivity contribution in [3.05, 3.63) is 65.5 Å². The molecule has 1 heterocycles. The Morgan fingerprint density at radius 3 is 2.47 bits per heavy atom. The number of imide groups is 1. The van der Waals surface area contributed by atoms with E-state index in [1.807, 2.05) is 25.1 Å². The smallest absolute Gasteiger partial charge is 0.325 e. The van der Waals surface area contributed by atoms with Gasteiger partial charge in [0.15, 0.2) is 11.6 Å². The van der Waals surface area contributed by atoms with Crippen molar-refractivity contribution in [2.24, 2.45) is 0 Å². The largest absolute Gasteiger partial charge is 0.494 e. The predicted octanol–water partition coefficient (Wildman–Crippen LogP) is 3.43. The van der Waals surface area contributed by atoms with E-state index in [9.17, 15) is 18.8 Å². The minimum atomic E-state index is -1.18. The van der Waals surface area contributed by atoms with Crippen LogP contribution in [-0.2, 0) is 21.7 Å². The third-order valence-corrected chi connectivity index (χ3v) is 5.68. The van der Waals surface area contributed by atoms with Gasteiger partial charge in [-0.1, -0.05) is 49.7 Å². The lowest BCUT2D eigenvalue weighted by Crippen LogP contribution is -2.45. The highest BCUT2D eigenvalue weighted by Gasteiger charge is 2.52. The lowest BCUT2D eigenvalue weighted by molar-refractivity contribution is -0.139. The molecule has 0 bridgehead atoms. The summed E-state index contributed by atoms with van der Waals surface area (Å²) in [6.07, 6.45) is 1.10. The number of amides is 4. The zero-order valence-electron chi connectivity index (χ0n) is 18.6. The van der Waals surface area contributed by atoms with Crippen molar-refractivity contribution in [2.45, 2.75) is 38.8 Å². The Morgan fingerprint density at radius 1 is 1.16 bits per heavy atom. The van der Waals surface area contributed by atoms with Gasteiger partial charge in [0, 0.05) is 13.1 Å². The van der Waals surface area contributed by atoms with Crippen LogP contribution in [0.1, 0.15) is 37.8 Å². The summed E-state index contributed by atoms with van der Waals surface area (Å²) in [5, 5.41) is 2.82. The SMILES string of the molecule is CCC[C@@]1(c2ccccc2)NC(=O)N(CC(=O)N(CC)Cc2ccc(OC)c(F)c2)C1=O. The summed E-state index contributed by atoms with van der Waals surface area (Å²) in [5.41, 5.74) is 0.0975. The Labute approximate surface area is 187 Å². The van der Waals surface area contributed by atoms with Crippen LogP contribution >= 0.6 is 0 Å². The average molecular weight is 442 g/mol. The molecule has 3 rings (SSSR count). The molecule has 0 aliphatic carbocycles. The number of halogens is 1. The second-order valence-electron chi connectivity index (χ2n) is 7.72. The van der Waals surface area contributed by atoms with Crippen LogP contribution in [0.5, 0.6) is 5.75 Å². The van der Waals surface area contributed by atoms with E-state index < -0.39 is 29.2 Å². The van der Waals surface area contributed by atoms with Gasteiger partial charge in [-0.25, -0.2) is 9.18 Å². The minimum Gasteiger partial charge on any atom is -0.494 e. The minimum absolute atomic E-state index is 0.121. The van der Waals surface area contributed by atoms with Crippen LogP contribution in [0.3, 0.4) is 0 Å². The molecule has 1 N–H and O–H groups in total. The highest BCUT2D eigenvalue weighted by Crippen LogP contribution is 2.33. The van der Waals surface area contributed by atoms with Crippen molar-refractivity contribution in [1.82, 2.24) is 15.1 Å². The average Bonchev–Trinajstić information content (AvgIpc) is 3.03. The Hall–Kier alpha value is -3.42. The number of hydrogen-bond donors (Lipinski definition) is 1. The third kappa shape index (κ3) is 4.44. The molecule has 32 heavy (non-hydrogen) atoms. The summed E-state index contributed by atoms with van der Waals surface area (Å²) in [6, 6.07) is 13.0. The molecule has 7 nitrogen and oxygen atoms in total. The molecule has 0 saturated carbocycles. The van der Waals surface area contributed by atoms with Gasteiger partial charge in [-0.2, -0.15) is 0 Å². The van der Waals surface area contributed by atoms with Crippen LogP contribution in [0.25, 0.3) is 0 Å². The number of carbonyl (C=O) groups is 3. The number of methoxy groups -OCH3 is 1. The fourth-order valence-electron chi connectivity index (χ4n) is 4.02. The molecule has 0 unspecified atom stereocenters. The van der Waals surface area contributed by atoms with Gasteiger partial charge >= 0.3 is 6.03 Å². The topological polar surface area (TPSA) is 79.0 Å². The fourth-order valence-corrected chi connectivity index (χ4v) is 4.02. The summed E-state index contributed by atoms with van der Waals surface area (Å²) in [4.78, 5) is 41.5. The molecule has 0 aromatic heterocycles. The first-order valence-electron chi connectivity index (χ1n) is 10.7. The Bertz CT molecular complexity index is 998. The first-order valence-corrected chi connectivity index (χ1v) is 10.7. The molecule has 1 aliphatic rings. The predicted molar refractivity (Wildman–Crippen MR) is 117 cm³/mol. The summed E-state index contributed by atoms with van der Waals surface area (Å²) in [5.74, 6) is -1.23. The molecule has 8 heteroatoms. The van der Waals surface area contributed by atoms with E-state index in [4.69, 9.17) is 4.74 Å². The van der Waals surface area contributed by atoms with Crippen LogP contribution in [0.4, 0.5) is 9.18 Å². The van der Waals surface area contributed by atoms with E-state index in [0.29, 0.717) is 30.5 Å². The lowest BCUT2D eigenvalue weighted by Gasteiger charge is -2.27. The fraction of sp³-hybridized carbons (Fsp3) is 0.375. The maximum atomic E-state index is 14.0. The van der Waals surface area contributed by atoms with E-state index in [1.54, 1.807) is 25.1 Å². The Morgan fingerprint density at radius 2 is 1.88 bits per heavy atom. The van der Waals surface area contributed by atoms with Gasteiger partial charge in [0.05, 0.1) is 7.11 Å². The molecule has 0 spiro atoms. The van der Waals surface area contributed by atoms with E-state index >= 15 is 0 Å². The first-order chi connectivity index (χ1) is 15.4. The van der Waals surface area contributed by atoms with Crippen LogP contribution in [0.2, 0.25) is 0 Å². The van der Waals surface area contributed by atoms with Crippen LogP contribution in [0, 0.1) is 5.82 Å². The van der Waals surface area contributed by atoms with Crippen LogP contribution in [0.15, 0.2) is 48.5 Å². The molecule has 4 amide bonds. The molecular weight excluding hydrogens is 413 g/mol. The van der Waals surface area contributed by atoms with Crippen molar-refractivity contribution in [1.29, 1.82) is 0 Å². The van der Waals surface area contributed by atoms with Gasteiger partial charge in [0.2, 0.25) is 5.91 Å². The number of nitrogens with one attached hydrogen (secondary N) is 1. The number of carbonyl (C=O) groups excluding carboxylic acids is 3. The van der Waals surface area contributed by atoms with E-state index in [-0.39, 0.29) is 18.8 Å². The molecule has 1 fully saturated rings. The van der Waals surface area contributed by atoms with Gasteiger partial charge in [-0.3, -0.25) is 14.5 Å². The quantitative estimate of drug-likeness (QED) is 0.605. The summed E-state index contributed by atoms with van der Waals surface area (Å²) in [7, 11) is 1.38. The second-order valence-corrected chi connectivity index (χ2v) is 7.72. The number of rotatable bonds is 9. The maximum absolute atomic E-state index is 14.0. The number of nitrogens with zero attached hydrogens (tertiary/aromatic N) is 2. The number of urea groups is 1. The van der Waals surface area contributed by atoms with Crippen LogP contribution < -0.4 is 10.1 Å². The third-order valence-electron chi connectivity index (χ3n) is 5.68. The molecule has 1 atom stereocenters. The summed E-state index contributed by atoms with van der Waals surface area (Å²) in [6.45, 7) is 3.84. The zero-order chi connectivity index (χ0) is 23.3. The molecular formula is C24H28FN3O4. The van der Waals surface area contributed by atoms with Crippen molar-refractivity contribution in [3.8, 4) is 5.75 Å². The van der Waals surface area contributed by atoms with Crippen molar-refractivity contribution >= 4 is 17.8 Å². The molecule has 170 valence electrons. The maximum Gasteiger partial charge on any atom is 0.325 e. The van der Waals surface area contributed by atoms with Crippen LogP contribution in [-0.4, -0.2) is 47.8 Å². The van der Waals surface area contributed by atoms with Crippen molar-refractivity contribution in [2.75, 3.05) is 20.2 Å². The van der Waals surface area contributed by atoms with E-state index in [2.05, 4.69) is 5.32 Å². The van der Waals surface area contributed by atoms with E-state index in [1.165, 1.54) is 24.1 Å². The lowest BCUT2D eigenvalue weighted by atomic mass is 9.85. The molecule has 1 aliphatic heterocycles. The number of ether oxygens (including phenoxy) is 1. The Balaban J connectivity index is 1.77. The molecule has 2 aromatic carbocycles. The monoisotopic (exact) mass is 441 g/mol. The second kappa shape index (κ2) is 9.80. The van der Waals surface area contributed by atoms with Gasteiger partial charge in [0.1, 0.15) is 12.1 Å². The van der Waals surface area contributed by atoms with E-state index in [0.717, 1.165) is 4.90 Å². The number of benzene rings is 2. The van der Waals surface area contributed by atoms with Crippen molar-refractivity contribution < 1.29 is 23.5 Å². The standard InChI is InChI=1S/C24H28FN3O4/c1-4-13-24(18-9-7-6-8-10-18)22(30)28(23(31)26-24)16-21(29)27(5-2)15-17-11-12-20(32-3)19(25)14-17/h6-12,14H,4-5,13,15-16H2,1-3H3,(H,26,31)/t24-/m0/s1. The highest BCUT2D eigenvalue weighted by molar-refractivity contribution is 6.09. The molecule has 1 saturated heterocycles. The highest BCUT2D eigenvalue weighted by atomic mass is 19.1. The van der Waals surface area contributed by atoms with Crippen molar-refractivity contribution in [3.63, 3.8) is 0 Å². The normalized spacial score (nSPS) is 17.9. The molecule has 2 aromatic rings. The number of hydrogen-bond acceptors (Lipinski definition) is 4. The summed E-state index contributed by atoms with van der Waals surface area (Å²) < 4.78 is 18.9. The Kier molecular flexibility index (Phi) is 7.12. The number of likely N-dealkylation sites (N-methyl/N-ethyl adjacent to an activating group) is 1. The van der Waals surface area contributed by atoms with Gasteiger partial charge in [-0.15, -0.1) is 0 Å². The van der Waals surface area contributed by atoms with Gasteiger partial charge < -0.3 is 15.0 Å². The van der Waals surface area contributed by atoms with Gasteiger partial charge in [0.25, 0.3) is 5.91 Å².